The minimum absolute atomic E-state index is 0.00380. The van der Waals surface area contributed by atoms with Crippen molar-refractivity contribution in [2.75, 3.05) is 19.6 Å². The number of carbonyl (C=O) groups is 1. The van der Waals surface area contributed by atoms with Crippen LogP contribution in [0.25, 0.3) is 0 Å². The Balaban J connectivity index is 2.46. The lowest BCUT2D eigenvalue weighted by molar-refractivity contribution is -0.129. The van der Waals surface area contributed by atoms with Gasteiger partial charge >= 0.3 is 0 Å². The fraction of sp³-hybridized carbons (Fsp3) is 0.462. The molecule has 18 heavy (non-hydrogen) atoms. The number of hydrogen-bond donors (Lipinski definition) is 2. The number of nitrogens with one attached hydrogen (secondary N) is 1. The van der Waals surface area contributed by atoms with Gasteiger partial charge in [0.1, 0.15) is 11.6 Å². The summed E-state index contributed by atoms with van der Waals surface area (Å²) in [5.74, 6) is -0.380. The molecule has 0 spiro atoms. The van der Waals surface area contributed by atoms with E-state index in [4.69, 9.17) is 0 Å². The maximum atomic E-state index is 13.0. The van der Waals surface area contributed by atoms with Gasteiger partial charge in [0.15, 0.2) is 0 Å². The van der Waals surface area contributed by atoms with Gasteiger partial charge in [0.25, 0.3) is 0 Å². The first kappa shape index (κ1) is 14.4. The summed E-state index contributed by atoms with van der Waals surface area (Å²) in [6.45, 7) is 5.61. The first-order valence-corrected chi connectivity index (χ1v) is 6.04. The number of benzene rings is 1. The lowest BCUT2D eigenvalue weighted by Crippen LogP contribution is -2.37. The Morgan fingerprint density at radius 2 is 2.06 bits per heavy atom. The van der Waals surface area contributed by atoms with Gasteiger partial charge in [-0.1, -0.05) is 0 Å². The van der Waals surface area contributed by atoms with Gasteiger partial charge in [-0.15, -0.1) is 0 Å². The largest absolute Gasteiger partial charge is 0.508 e. The van der Waals surface area contributed by atoms with Crippen molar-refractivity contribution in [1.82, 2.24) is 10.2 Å². The molecule has 1 amide bonds. The minimum atomic E-state index is -0.403. The summed E-state index contributed by atoms with van der Waals surface area (Å²) in [5.41, 5.74) is 0.447. The molecule has 5 heteroatoms. The predicted molar refractivity (Wildman–Crippen MR) is 67.7 cm³/mol. The quantitative estimate of drug-likeness (QED) is 0.808. The van der Waals surface area contributed by atoms with Crippen LogP contribution in [0.3, 0.4) is 0 Å². The van der Waals surface area contributed by atoms with Crippen LogP contribution in [-0.2, 0) is 11.3 Å². The van der Waals surface area contributed by atoms with Crippen LogP contribution in [0.1, 0.15) is 19.4 Å². The van der Waals surface area contributed by atoms with Crippen LogP contribution in [0.15, 0.2) is 18.2 Å². The number of hydrogen-bond acceptors (Lipinski definition) is 3. The summed E-state index contributed by atoms with van der Waals surface area (Å²) in [6, 6.07) is 3.75. The number of amides is 1. The van der Waals surface area contributed by atoms with Gasteiger partial charge in [-0.25, -0.2) is 4.39 Å². The molecule has 0 unspecified atom stereocenters. The van der Waals surface area contributed by atoms with Crippen molar-refractivity contribution in [3.63, 3.8) is 0 Å². The Morgan fingerprint density at radius 1 is 1.39 bits per heavy atom. The molecule has 1 aromatic carbocycles. The Morgan fingerprint density at radius 3 is 2.67 bits per heavy atom. The van der Waals surface area contributed by atoms with E-state index in [0.717, 1.165) is 0 Å². The Hall–Kier alpha value is -1.62. The van der Waals surface area contributed by atoms with Gasteiger partial charge < -0.3 is 15.3 Å². The number of nitrogens with zero attached hydrogens (tertiary/aromatic N) is 1. The first-order valence-electron chi connectivity index (χ1n) is 6.04. The minimum Gasteiger partial charge on any atom is -0.508 e. The van der Waals surface area contributed by atoms with Gasteiger partial charge in [-0.2, -0.15) is 0 Å². The van der Waals surface area contributed by atoms with Gasteiger partial charge in [0.05, 0.1) is 6.54 Å². The highest BCUT2D eigenvalue weighted by molar-refractivity contribution is 5.78. The van der Waals surface area contributed by atoms with Crippen LogP contribution in [0, 0.1) is 5.82 Å². The van der Waals surface area contributed by atoms with E-state index in [-0.39, 0.29) is 24.7 Å². The summed E-state index contributed by atoms with van der Waals surface area (Å²) in [4.78, 5) is 13.4. The molecule has 0 aliphatic heterocycles. The molecule has 1 aromatic rings. The van der Waals surface area contributed by atoms with E-state index in [0.29, 0.717) is 18.7 Å². The molecule has 0 atom stereocenters. The highest BCUT2D eigenvalue weighted by atomic mass is 19.1. The van der Waals surface area contributed by atoms with E-state index in [1.54, 1.807) is 4.90 Å². The monoisotopic (exact) mass is 254 g/mol. The maximum absolute atomic E-state index is 13.0. The molecular weight excluding hydrogens is 235 g/mol. The van der Waals surface area contributed by atoms with Crippen molar-refractivity contribution in [2.24, 2.45) is 0 Å². The summed E-state index contributed by atoms with van der Waals surface area (Å²) in [6.07, 6.45) is 0. The molecule has 0 aliphatic rings. The van der Waals surface area contributed by atoms with E-state index in [1.807, 2.05) is 13.8 Å². The van der Waals surface area contributed by atoms with Crippen molar-refractivity contribution < 1.29 is 14.3 Å². The van der Waals surface area contributed by atoms with Crippen molar-refractivity contribution >= 4 is 5.91 Å². The van der Waals surface area contributed by atoms with Gasteiger partial charge in [-0.3, -0.25) is 4.79 Å². The molecule has 2 N–H and O–H groups in total. The van der Waals surface area contributed by atoms with Crippen LogP contribution < -0.4 is 5.32 Å². The fourth-order valence-electron chi connectivity index (χ4n) is 1.69. The second-order valence-corrected chi connectivity index (χ2v) is 3.94. The SMILES string of the molecule is CCN(CC)C(=O)CNCc1cc(F)ccc1O. The van der Waals surface area contributed by atoms with Gasteiger partial charge in [0, 0.05) is 25.2 Å². The molecule has 4 nitrogen and oxygen atoms in total. The average molecular weight is 254 g/mol. The van der Waals surface area contributed by atoms with Crippen molar-refractivity contribution in [3.05, 3.63) is 29.6 Å². The second kappa shape index (κ2) is 6.96. The van der Waals surface area contributed by atoms with Crippen LogP contribution >= 0.6 is 0 Å². The average Bonchev–Trinajstić information content (AvgIpc) is 2.35. The third kappa shape index (κ3) is 4.00. The first-order chi connectivity index (χ1) is 8.58. The van der Waals surface area contributed by atoms with E-state index in [9.17, 15) is 14.3 Å². The predicted octanol–water partition coefficient (Wildman–Crippen LogP) is 1.49. The number of aromatic hydroxyl groups is 1. The Kier molecular flexibility index (Phi) is 5.58. The third-order valence-corrected chi connectivity index (χ3v) is 2.75. The zero-order valence-electron chi connectivity index (χ0n) is 10.7. The standard InChI is InChI=1S/C13H19FN2O2/c1-3-16(4-2)13(18)9-15-8-10-7-11(14)5-6-12(10)17/h5-7,15,17H,3-4,8-9H2,1-2H3. The molecule has 0 saturated carbocycles. The number of halogens is 1. The normalized spacial score (nSPS) is 10.4. The lowest BCUT2D eigenvalue weighted by Gasteiger charge is -2.18. The highest BCUT2D eigenvalue weighted by Gasteiger charge is 2.09. The Labute approximate surface area is 106 Å². The number of phenols is 1. The van der Waals surface area contributed by atoms with Crippen molar-refractivity contribution in [2.45, 2.75) is 20.4 Å². The maximum Gasteiger partial charge on any atom is 0.236 e. The molecule has 0 bridgehead atoms. The molecular formula is C13H19FN2O2. The summed E-state index contributed by atoms with van der Waals surface area (Å²) >= 11 is 0. The highest BCUT2D eigenvalue weighted by Crippen LogP contribution is 2.17. The summed E-state index contributed by atoms with van der Waals surface area (Å²) in [5, 5.41) is 12.4. The summed E-state index contributed by atoms with van der Waals surface area (Å²) < 4.78 is 13.0. The summed E-state index contributed by atoms with van der Waals surface area (Å²) in [7, 11) is 0. The molecule has 0 aliphatic carbocycles. The van der Waals surface area contributed by atoms with Crippen LogP contribution in [-0.4, -0.2) is 35.5 Å². The van der Waals surface area contributed by atoms with Gasteiger partial charge in [0.2, 0.25) is 5.91 Å². The number of phenolic OH excluding ortho intramolecular Hbond substituents is 1. The lowest BCUT2D eigenvalue weighted by atomic mass is 10.2. The second-order valence-electron chi connectivity index (χ2n) is 3.94. The molecule has 0 saturated heterocycles. The molecule has 0 aromatic heterocycles. The topological polar surface area (TPSA) is 52.6 Å². The number of rotatable bonds is 6. The molecule has 0 fully saturated rings. The van der Waals surface area contributed by atoms with Crippen LogP contribution in [0.4, 0.5) is 4.39 Å². The smallest absolute Gasteiger partial charge is 0.236 e. The third-order valence-electron chi connectivity index (χ3n) is 2.75. The zero-order valence-corrected chi connectivity index (χ0v) is 10.7. The molecule has 0 heterocycles. The van der Waals surface area contributed by atoms with Crippen LogP contribution in [0.5, 0.6) is 5.75 Å². The Bertz CT molecular complexity index is 406. The van der Waals surface area contributed by atoms with Gasteiger partial charge in [-0.05, 0) is 32.0 Å². The molecule has 100 valence electrons. The van der Waals surface area contributed by atoms with E-state index < -0.39 is 5.82 Å². The molecule has 1 rings (SSSR count). The van der Waals surface area contributed by atoms with Crippen molar-refractivity contribution in [3.8, 4) is 5.75 Å². The molecule has 0 radical (unpaired) electrons. The van der Waals surface area contributed by atoms with Crippen LogP contribution in [0.2, 0.25) is 0 Å². The zero-order chi connectivity index (χ0) is 13.5. The van der Waals surface area contributed by atoms with E-state index in [2.05, 4.69) is 5.32 Å². The number of likely N-dealkylation sites (N-methyl/N-ethyl adjacent to an activating group) is 1. The van der Waals surface area contributed by atoms with Crippen molar-refractivity contribution in [1.29, 1.82) is 0 Å². The van der Waals surface area contributed by atoms with E-state index >= 15 is 0 Å². The fourth-order valence-corrected chi connectivity index (χ4v) is 1.69. The van der Waals surface area contributed by atoms with E-state index in [1.165, 1.54) is 18.2 Å². The number of carbonyl (C=O) groups excluding carboxylic acids is 1.